The van der Waals surface area contributed by atoms with Gasteiger partial charge in [-0.1, -0.05) is 0 Å². The van der Waals surface area contributed by atoms with Gasteiger partial charge < -0.3 is 15.0 Å². The van der Waals surface area contributed by atoms with Crippen LogP contribution in [0.25, 0.3) is 0 Å². The predicted molar refractivity (Wildman–Crippen MR) is 116 cm³/mol. The van der Waals surface area contributed by atoms with Crippen LogP contribution in [0.3, 0.4) is 0 Å². The molecular formula is C19H24BrN5O4S. The van der Waals surface area contributed by atoms with Gasteiger partial charge in [-0.05, 0) is 61.0 Å². The Bertz CT molecular complexity index is 983. The van der Waals surface area contributed by atoms with Crippen LogP contribution in [-0.4, -0.2) is 65.5 Å². The molecule has 1 aromatic carbocycles. The van der Waals surface area contributed by atoms with Crippen LogP contribution in [-0.2, 0) is 14.8 Å². The van der Waals surface area contributed by atoms with Crippen LogP contribution in [0.5, 0.6) is 0 Å². The van der Waals surface area contributed by atoms with Gasteiger partial charge in [0.2, 0.25) is 16.0 Å². The topological polar surface area (TPSA) is 105 Å². The fourth-order valence-electron chi connectivity index (χ4n) is 2.80. The number of benzene rings is 1. The Morgan fingerprint density at radius 1 is 1.07 bits per heavy atom. The molecule has 2 aromatic rings. The van der Waals surface area contributed by atoms with Gasteiger partial charge in [0, 0.05) is 44.3 Å². The third-order valence-electron chi connectivity index (χ3n) is 4.26. The molecule has 9 nitrogen and oxygen atoms in total. The van der Waals surface area contributed by atoms with Crippen molar-refractivity contribution in [2.75, 3.05) is 31.5 Å². The third kappa shape index (κ3) is 5.67. The van der Waals surface area contributed by atoms with Crippen LogP contribution < -0.4 is 5.32 Å². The summed E-state index contributed by atoms with van der Waals surface area (Å²) in [4.78, 5) is 22.1. The lowest BCUT2D eigenvalue weighted by atomic mass is 10.2. The second kappa shape index (κ2) is 8.86. The first kappa shape index (κ1) is 22.4. The lowest BCUT2D eigenvalue weighted by Gasteiger charge is -2.35. The third-order valence-corrected chi connectivity index (χ3v) is 6.58. The van der Waals surface area contributed by atoms with Crippen molar-refractivity contribution >= 4 is 43.7 Å². The molecule has 1 saturated heterocycles. The van der Waals surface area contributed by atoms with E-state index in [1.807, 2.05) is 0 Å². The number of nitrogens with one attached hydrogen (secondary N) is 1. The Hall–Kier alpha value is -2.24. The minimum absolute atomic E-state index is 0.190. The van der Waals surface area contributed by atoms with E-state index >= 15 is 0 Å². The number of sulfonamides is 1. The lowest BCUT2D eigenvalue weighted by molar-refractivity contribution is 0.0192. The summed E-state index contributed by atoms with van der Waals surface area (Å²) < 4.78 is 33.4. The number of amides is 1. The fourth-order valence-corrected chi connectivity index (χ4v) is 4.43. The number of hydrogen-bond acceptors (Lipinski definition) is 7. The lowest BCUT2D eigenvalue weighted by Crippen LogP contribution is -2.51. The van der Waals surface area contributed by atoms with Crippen LogP contribution >= 0.6 is 15.9 Å². The van der Waals surface area contributed by atoms with E-state index in [2.05, 4.69) is 31.2 Å². The fraction of sp³-hybridized carbons (Fsp3) is 0.421. The van der Waals surface area contributed by atoms with E-state index in [4.69, 9.17) is 4.74 Å². The number of nitrogens with zero attached hydrogens (tertiary/aromatic N) is 4. The zero-order chi connectivity index (χ0) is 21.9. The molecule has 3 rings (SSSR count). The molecule has 1 amide bonds. The first-order valence-corrected chi connectivity index (χ1v) is 11.6. The molecule has 162 valence electrons. The van der Waals surface area contributed by atoms with E-state index in [0.717, 1.165) is 4.47 Å². The highest BCUT2D eigenvalue weighted by molar-refractivity contribution is 9.10. The largest absolute Gasteiger partial charge is 0.444 e. The molecule has 0 atom stereocenters. The average Bonchev–Trinajstić information content (AvgIpc) is 2.69. The molecular weight excluding hydrogens is 474 g/mol. The van der Waals surface area contributed by atoms with E-state index in [1.165, 1.54) is 21.3 Å². The summed E-state index contributed by atoms with van der Waals surface area (Å²) in [7, 11) is -3.65. The molecule has 1 aromatic heterocycles. The van der Waals surface area contributed by atoms with Crippen LogP contribution in [0.1, 0.15) is 20.8 Å². The molecule has 0 radical (unpaired) electrons. The van der Waals surface area contributed by atoms with Gasteiger partial charge in [-0.3, -0.25) is 0 Å². The van der Waals surface area contributed by atoms with Gasteiger partial charge >= 0.3 is 6.09 Å². The van der Waals surface area contributed by atoms with E-state index in [-0.39, 0.29) is 31.1 Å². The normalized spacial score (nSPS) is 15.7. The van der Waals surface area contributed by atoms with Crippen molar-refractivity contribution in [2.24, 2.45) is 0 Å². The van der Waals surface area contributed by atoms with Crippen LogP contribution in [0, 0.1) is 0 Å². The number of piperazine rings is 1. The quantitative estimate of drug-likeness (QED) is 0.690. The van der Waals surface area contributed by atoms with Crippen LogP contribution in [0.15, 0.2) is 46.0 Å². The van der Waals surface area contributed by atoms with E-state index in [0.29, 0.717) is 11.6 Å². The number of aromatic nitrogens is 2. The number of hydrogen-bond donors (Lipinski definition) is 1. The Morgan fingerprint density at radius 3 is 2.17 bits per heavy atom. The molecule has 0 bridgehead atoms. The number of ether oxygens (including phenoxy) is 1. The first-order chi connectivity index (χ1) is 14.0. The maximum atomic E-state index is 12.9. The van der Waals surface area contributed by atoms with Gasteiger partial charge in [-0.15, -0.1) is 0 Å². The minimum atomic E-state index is -3.65. The number of anilines is 2. The molecule has 1 N–H and O–H groups in total. The summed E-state index contributed by atoms with van der Waals surface area (Å²) in [6.45, 7) is 6.40. The van der Waals surface area contributed by atoms with Crippen molar-refractivity contribution < 1.29 is 17.9 Å². The molecule has 30 heavy (non-hydrogen) atoms. The molecule has 2 heterocycles. The SMILES string of the molecule is CC(C)(C)OC(=O)N1CCN(S(=O)(=O)c2ccc(Nc3ncc(Br)cn3)cc2)CC1. The van der Waals surface area contributed by atoms with Crippen molar-refractivity contribution in [2.45, 2.75) is 31.3 Å². The van der Waals surface area contributed by atoms with Gasteiger partial charge in [0.15, 0.2) is 0 Å². The number of carbonyl (C=O) groups excluding carboxylic acids is 1. The molecule has 0 aliphatic carbocycles. The molecule has 0 unspecified atom stereocenters. The summed E-state index contributed by atoms with van der Waals surface area (Å²) in [5.41, 5.74) is 0.0863. The second-order valence-corrected chi connectivity index (χ2v) is 10.6. The highest BCUT2D eigenvalue weighted by atomic mass is 79.9. The molecule has 1 fully saturated rings. The van der Waals surface area contributed by atoms with Gasteiger partial charge in [-0.25, -0.2) is 23.2 Å². The summed E-state index contributed by atoms with van der Waals surface area (Å²) in [5.74, 6) is 0.409. The molecule has 1 aliphatic heterocycles. The van der Waals surface area contributed by atoms with Gasteiger partial charge in [0.05, 0.1) is 9.37 Å². The highest BCUT2D eigenvalue weighted by Gasteiger charge is 2.31. The van der Waals surface area contributed by atoms with Crippen molar-refractivity contribution in [3.8, 4) is 0 Å². The summed E-state index contributed by atoms with van der Waals surface area (Å²) in [6.07, 6.45) is 2.81. The van der Waals surface area contributed by atoms with E-state index < -0.39 is 21.7 Å². The zero-order valence-corrected chi connectivity index (χ0v) is 19.4. The van der Waals surface area contributed by atoms with Crippen molar-refractivity contribution in [3.63, 3.8) is 0 Å². The predicted octanol–water partition coefficient (Wildman–Crippen LogP) is 3.22. The number of rotatable bonds is 4. The van der Waals surface area contributed by atoms with E-state index in [1.54, 1.807) is 45.3 Å². The summed E-state index contributed by atoms with van der Waals surface area (Å²) >= 11 is 3.27. The zero-order valence-electron chi connectivity index (χ0n) is 17.0. The van der Waals surface area contributed by atoms with Gasteiger partial charge in [0.25, 0.3) is 0 Å². The van der Waals surface area contributed by atoms with Crippen molar-refractivity contribution in [3.05, 3.63) is 41.1 Å². The van der Waals surface area contributed by atoms with Gasteiger partial charge in [-0.2, -0.15) is 4.31 Å². The number of halogens is 1. The summed E-state index contributed by atoms with van der Waals surface area (Å²) in [5, 5.41) is 3.02. The summed E-state index contributed by atoms with van der Waals surface area (Å²) in [6, 6.07) is 6.40. The minimum Gasteiger partial charge on any atom is -0.444 e. The molecule has 11 heteroatoms. The Balaban J connectivity index is 1.62. The maximum absolute atomic E-state index is 12.9. The molecule has 0 saturated carbocycles. The van der Waals surface area contributed by atoms with E-state index in [9.17, 15) is 13.2 Å². The Kier molecular flexibility index (Phi) is 6.63. The Morgan fingerprint density at radius 2 is 1.63 bits per heavy atom. The average molecular weight is 498 g/mol. The molecule has 1 aliphatic rings. The number of carbonyl (C=O) groups is 1. The monoisotopic (exact) mass is 497 g/mol. The first-order valence-electron chi connectivity index (χ1n) is 9.37. The van der Waals surface area contributed by atoms with Gasteiger partial charge in [0.1, 0.15) is 5.60 Å². The van der Waals surface area contributed by atoms with Crippen molar-refractivity contribution in [1.29, 1.82) is 0 Å². The Labute approximate surface area is 184 Å². The van der Waals surface area contributed by atoms with Crippen LogP contribution in [0.4, 0.5) is 16.4 Å². The smallest absolute Gasteiger partial charge is 0.410 e. The standard InChI is InChI=1S/C19H24BrN5O4S/c1-19(2,3)29-18(26)24-8-10-25(11-9-24)30(27,28)16-6-4-15(5-7-16)23-17-21-12-14(20)13-22-17/h4-7,12-13H,8-11H2,1-3H3,(H,21,22,23). The van der Waals surface area contributed by atoms with Crippen LogP contribution in [0.2, 0.25) is 0 Å². The second-order valence-electron chi connectivity index (χ2n) is 7.75. The maximum Gasteiger partial charge on any atom is 0.410 e. The molecule has 0 spiro atoms. The highest BCUT2D eigenvalue weighted by Crippen LogP contribution is 2.22. The van der Waals surface area contributed by atoms with Crippen molar-refractivity contribution in [1.82, 2.24) is 19.2 Å².